The predicted octanol–water partition coefficient (Wildman–Crippen LogP) is 2.52. The lowest BCUT2D eigenvalue weighted by molar-refractivity contribution is -0.390. The number of halogens is 1. The molecule has 2 aromatic rings. The van der Waals surface area contributed by atoms with Crippen molar-refractivity contribution in [2.24, 2.45) is 0 Å². The van der Waals surface area contributed by atoms with Gasteiger partial charge < -0.3 is 15.4 Å². The summed E-state index contributed by atoms with van der Waals surface area (Å²) >= 11 is 3.12. The van der Waals surface area contributed by atoms with E-state index in [1.807, 2.05) is 13.0 Å². The highest BCUT2D eigenvalue weighted by Crippen LogP contribution is 2.22. The molecule has 0 unspecified atom stereocenters. The molecule has 1 N–H and O–H groups in total. The Kier molecular flexibility index (Phi) is 4.84. The Morgan fingerprint density at radius 2 is 2.24 bits per heavy atom. The van der Waals surface area contributed by atoms with Gasteiger partial charge in [0.05, 0.1) is 11.3 Å². The van der Waals surface area contributed by atoms with Gasteiger partial charge in [0.1, 0.15) is 16.8 Å². The number of aromatic nitrogens is 4. The van der Waals surface area contributed by atoms with Crippen LogP contribution in [0.2, 0.25) is 0 Å². The number of aryl methyl sites for hydroxylation is 1. The Bertz CT molecular complexity index is 657. The number of nitro groups is 1. The molecule has 8 nitrogen and oxygen atoms in total. The van der Waals surface area contributed by atoms with E-state index in [1.54, 1.807) is 6.20 Å². The lowest BCUT2D eigenvalue weighted by Gasteiger charge is -2.06. The largest absolute Gasteiger partial charge is 0.404 e. The molecule has 0 saturated heterocycles. The van der Waals surface area contributed by atoms with Crippen LogP contribution in [0.3, 0.4) is 0 Å². The Balaban J connectivity index is 2.20. The first-order valence-corrected chi connectivity index (χ1v) is 7.24. The van der Waals surface area contributed by atoms with E-state index in [1.165, 1.54) is 4.68 Å². The molecule has 112 valence electrons. The molecule has 0 bridgehead atoms. The standard InChI is InChI=1S/C12H15BrN6O2/c1-3-4-14-10-5-8(2)15-11(16-10)7-18-6-9(13)12(17-18)19(20)21/h5-6H,3-4,7H2,1-2H3,(H,14,15,16). The zero-order valence-corrected chi connectivity index (χ0v) is 13.3. The van der Waals surface area contributed by atoms with Crippen molar-refractivity contribution in [3.05, 3.63) is 38.4 Å². The third-order valence-corrected chi connectivity index (χ3v) is 3.19. The third-order valence-electron chi connectivity index (χ3n) is 2.63. The van der Waals surface area contributed by atoms with E-state index in [4.69, 9.17) is 0 Å². The smallest absolute Gasteiger partial charge is 0.370 e. The van der Waals surface area contributed by atoms with E-state index in [-0.39, 0.29) is 12.4 Å². The minimum absolute atomic E-state index is 0.216. The minimum Gasteiger partial charge on any atom is -0.370 e. The SMILES string of the molecule is CCCNc1cc(C)nc(Cn2cc(Br)c([N+](=O)[O-])n2)n1. The molecule has 0 aliphatic rings. The van der Waals surface area contributed by atoms with Gasteiger partial charge in [0.2, 0.25) is 0 Å². The Morgan fingerprint density at radius 3 is 2.86 bits per heavy atom. The normalized spacial score (nSPS) is 10.6. The van der Waals surface area contributed by atoms with E-state index in [0.717, 1.165) is 24.5 Å². The van der Waals surface area contributed by atoms with Crippen LogP contribution in [0.1, 0.15) is 24.9 Å². The number of hydrogen-bond donors (Lipinski definition) is 1. The summed E-state index contributed by atoms with van der Waals surface area (Å²) in [6.07, 6.45) is 2.54. The van der Waals surface area contributed by atoms with Gasteiger partial charge in [-0.05, 0) is 34.2 Å². The van der Waals surface area contributed by atoms with Crippen molar-refractivity contribution < 1.29 is 4.92 Å². The Labute approximate surface area is 129 Å². The quantitative estimate of drug-likeness (QED) is 0.632. The van der Waals surface area contributed by atoms with Crippen molar-refractivity contribution in [2.75, 3.05) is 11.9 Å². The first kappa shape index (κ1) is 15.4. The zero-order valence-electron chi connectivity index (χ0n) is 11.7. The van der Waals surface area contributed by atoms with Crippen LogP contribution in [0.4, 0.5) is 11.6 Å². The van der Waals surface area contributed by atoms with Gasteiger partial charge in [-0.25, -0.2) is 9.97 Å². The van der Waals surface area contributed by atoms with Crippen molar-refractivity contribution in [2.45, 2.75) is 26.8 Å². The Morgan fingerprint density at radius 1 is 1.48 bits per heavy atom. The molecule has 0 radical (unpaired) electrons. The lowest BCUT2D eigenvalue weighted by Crippen LogP contribution is -2.09. The summed E-state index contributed by atoms with van der Waals surface area (Å²) < 4.78 is 1.78. The van der Waals surface area contributed by atoms with E-state index in [0.29, 0.717) is 10.3 Å². The number of anilines is 1. The van der Waals surface area contributed by atoms with E-state index >= 15 is 0 Å². The molecule has 0 aliphatic carbocycles. The molecule has 0 amide bonds. The van der Waals surface area contributed by atoms with Crippen molar-refractivity contribution in [1.29, 1.82) is 0 Å². The van der Waals surface area contributed by atoms with Gasteiger partial charge in [-0.15, -0.1) is 0 Å². The molecule has 0 fully saturated rings. The summed E-state index contributed by atoms with van der Waals surface area (Å²) in [6.45, 7) is 5.05. The van der Waals surface area contributed by atoms with Crippen LogP contribution in [0.25, 0.3) is 0 Å². The van der Waals surface area contributed by atoms with Crippen LogP contribution in [0, 0.1) is 17.0 Å². The van der Waals surface area contributed by atoms with Crippen LogP contribution in [0.5, 0.6) is 0 Å². The van der Waals surface area contributed by atoms with Crippen molar-refractivity contribution in [3.63, 3.8) is 0 Å². The number of rotatable bonds is 6. The number of hydrogen-bond acceptors (Lipinski definition) is 6. The number of nitrogens with zero attached hydrogens (tertiary/aromatic N) is 5. The molecule has 21 heavy (non-hydrogen) atoms. The molecule has 9 heteroatoms. The second-order valence-corrected chi connectivity index (χ2v) is 5.35. The van der Waals surface area contributed by atoms with E-state index in [2.05, 4.69) is 43.2 Å². The van der Waals surface area contributed by atoms with Crippen molar-refractivity contribution >= 4 is 27.6 Å². The summed E-state index contributed by atoms with van der Waals surface area (Å²) in [6, 6.07) is 1.86. The van der Waals surface area contributed by atoms with Gasteiger partial charge in [-0.1, -0.05) is 6.92 Å². The predicted molar refractivity (Wildman–Crippen MR) is 81.2 cm³/mol. The summed E-state index contributed by atoms with van der Waals surface area (Å²) in [7, 11) is 0. The van der Waals surface area contributed by atoms with Crippen LogP contribution in [0.15, 0.2) is 16.7 Å². The fourth-order valence-corrected chi connectivity index (χ4v) is 2.24. The average Bonchev–Trinajstić information content (AvgIpc) is 2.76. The van der Waals surface area contributed by atoms with Gasteiger partial charge >= 0.3 is 5.82 Å². The van der Waals surface area contributed by atoms with Gasteiger partial charge in [0.15, 0.2) is 5.82 Å². The maximum atomic E-state index is 10.8. The molecule has 2 heterocycles. The summed E-state index contributed by atoms with van der Waals surface area (Å²) in [5.74, 6) is 1.09. The first-order chi connectivity index (χ1) is 9.99. The fraction of sp³-hybridized carbons (Fsp3) is 0.417. The third kappa shape index (κ3) is 3.97. The average molecular weight is 355 g/mol. The van der Waals surface area contributed by atoms with Crippen LogP contribution < -0.4 is 5.32 Å². The molecule has 0 spiro atoms. The first-order valence-electron chi connectivity index (χ1n) is 6.45. The molecule has 2 rings (SSSR count). The van der Waals surface area contributed by atoms with Gasteiger partial charge in [0, 0.05) is 18.3 Å². The van der Waals surface area contributed by atoms with Gasteiger partial charge in [-0.2, -0.15) is 4.68 Å². The zero-order chi connectivity index (χ0) is 15.4. The summed E-state index contributed by atoms with van der Waals surface area (Å²) in [5.41, 5.74) is 0.833. The van der Waals surface area contributed by atoms with E-state index < -0.39 is 4.92 Å². The van der Waals surface area contributed by atoms with Gasteiger partial charge in [-0.3, -0.25) is 0 Å². The molecule has 2 aromatic heterocycles. The van der Waals surface area contributed by atoms with Crippen molar-refractivity contribution in [3.8, 4) is 0 Å². The highest BCUT2D eigenvalue weighted by atomic mass is 79.9. The molecule has 0 aliphatic heterocycles. The topological polar surface area (TPSA) is 98.8 Å². The Hall–Kier alpha value is -2.03. The highest BCUT2D eigenvalue weighted by molar-refractivity contribution is 9.10. The second-order valence-electron chi connectivity index (χ2n) is 4.49. The van der Waals surface area contributed by atoms with Crippen molar-refractivity contribution in [1.82, 2.24) is 19.7 Å². The second kappa shape index (κ2) is 6.61. The molecule has 0 aromatic carbocycles. The number of nitrogens with one attached hydrogen (secondary N) is 1. The summed E-state index contributed by atoms with van der Waals surface area (Å²) in [4.78, 5) is 18.9. The molecule has 0 saturated carbocycles. The lowest BCUT2D eigenvalue weighted by atomic mass is 10.4. The van der Waals surface area contributed by atoms with Crippen LogP contribution in [-0.2, 0) is 6.54 Å². The van der Waals surface area contributed by atoms with E-state index in [9.17, 15) is 10.1 Å². The monoisotopic (exact) mass is 354 g/mol. The fourth-order valence-electron chi connectivity index (χ4n) is 1.78. The highest BCUT2D eigenvalue weighted by Gasteiger charge is 2.19. The van der Waals surface area contributed by atoms with Crippen LogP contribution >= 0.6 is 15.9 Å². The molecular weight excluding hydrogens is 340 g/mol. The summed E-state index contributed by atoms with van der Waals surface area (Å²) in [5, 5.41) is 17.9. The molecule has 0 atom stereocenters. The molecular formula is C12H15BrN6O2. The maximum absolute atomic E-state index is 10.8. The maximum Gasteiger partial charge on any atom is 0.404 e. The van der Waals surface area contributed by atoms with Crippen LogP contribution in [-0.4, -0.2) is 31.2 Å². The van der Waals surface area contributed by atoms with Gasteiger partial charge in [0.25, 0.3) is 0 Å². The minimum atomic E-state index is -0.536.